The second kappa shape index (κ2) is 7.94. The highest BCUT2D eigenvalue weighted by Gasteiger charge is 2.14. The highest BCUT2D eigenvalue weighted by Crippen LogP contribution is 2.30. The van der Waals surface area contributed by atoms with Crippen LogP contribution in [-0.4, -0.2) is 30.8 Å². The predicted octanol–water partition coefficient (Wildman–Crippen LogP) is 5.33. The SMILES string of the molecule is Cc1ccc(C(=O)N(C)C)cc1NC(=O)c1ccc(-c2ccc(Cl)cc2)s1. The minimum atomic E-state index is -0.197. The summed E-state index contributed by atoms with van der Waals surface area (Å²) >= 11 is 7.34. The number of benzene rings is 2. The smallest absolute Gasteiger partial charge is 0.265 e. The average Bonchev–Trinajstić information content (AvgIpc) is 3.13. The average molecular weight is 399 g/mol. The fraction of sp³-hybridized carbons (Fsp3) is 0.143. The van der Waals surface area contributed by atoms with Crippen LogP contribution in [0.15, 0.2) is 54.6 Å². The van der Waals surface area contributed by atoms with E-state index in [4.69, 9.17) is 11.6 Å². The van der Waals surface area contributed by atoms with Gasteiger partial charge in [0.15, 0.2) is 0 Å². The zero-order valence-electron chi connectivity index (χ0n) is 15.2. The lowest BCUT2D eigenvalue weighted by atomic mass is 10.1. The molecule has 2 aromatic carbocycles. The van der Waals surface area contributed by atoms with E-state index >= 15 is 0 Å². The molecule has 2 amide bonds. The first-order chi connectivity index (χ1) is 12.8. The molecule has 0 saturated carbocycles. The van der Waals surface area contributed by atoms with Crippen molar-refractivity contribution >= 4 is 40.4 Å². The zero-order chi connectivity index (χ0) is 19.6. The molecule has 3 aromatic rings. The van der Waals surface area contributed by atoms with Crippen LogP contribution in [0.3, 0.4) is 0 Å². The molecule has 0 saturated heterocycles. The van der Waals surface area contributed by atoms with E-state index in [9.17, 15) is 9.59 Å². The summed E-state index contributed by atoms with van der Waals surface area (Å²) in [5, 5.41) is 3.59. The van der Waals surface area contributed by atoms with Crippen LogP contribution in [0.1, 0.15) is 25.6 Å². The molecule has 0 aliphatic rings. The molecule has 4 nitrogen and oxygen atoms in total. The number of hydrogen-bond donors (Lipinski definition) is 1. The Morgan fingerprint density at radius 3 is 2.37 bits per heavy atom. The van der Waals surface area contributed by atoms with Crippen LogP contribution >= 0.6 is 22.9 Å². The lowest BCUT2D eigenvalue weighted by molar-refractivity contribution is 0.0827. The van der Waals surface area contributed by atoms with Gasteiger partial charge in [-0.3, -0.25) is 9.59 Å². The zero-order valence-corrected chi connectivity index (χ0v) is 16.8. The van der Waals surface area contributed by atoms with E-state index in [0.29, 0.717) is 21.2 Å². The van der Waals surface area contributed by atoms with Crippen molar-refractivity contribution in [3.8, 4) is 10.4 Å². The minimum Gasteiger partial charge on any atom is -0.345 e. The van der Waals surface area contributed by atoms with Crippen LogP contribution in [0.2, 0.25) is 5.02 Å². The fourth-order valence-corrected chi connectivity index (χ4v) is 3.59. The van der Waals surface area contributed by atoms with Crippen molar-refractivity contribution in [1.82, 2.24) is 4.90 Å². The molecule has 0 bridgehead atoms. The minimum absolute atomic E-state index is 0.105. The fourth-order valence-electron chi connectivity index (χ4n) is 2.56. The third-order valence-electron chi connectivity index (χ3n) is 4.10. The first-order valence-corrected chi connectivity index (χ1v) is 9.54. The summed E-state index contributed by atoms with van der Waals surface area (Å²) in [5.41, 5.74) is 3.08. The van der Waals surface area contributed by atoms with Gasteiger partial charge in [0.1, 0.15) is 0 Å². The molecular weight excluding hydrogens is 380 g/mol. The molecule has 0 fully saturated rings. The summed E-state index contributed by atoms with van der Waals surface area (Å²) in [7, 11) is 3.40. The lowest BCUT2D eigenvalue weighted by Gasteiger charge is -2.13. The van der Waals surface area contributed by atoms with Crippen LogP contribution in [0.25, 0.3) is 10.4 Å². The van der Waals surface area contributed by atoms with Crippen LogP contribution in [0, 0.1) is 6.92 Å². The Hall–Kier alpha value is -2.63. The summed E-state index contributed by atoms with van der Waals surface area (Å²) in [6.45, 7) is 1.90. The van der Waals surface area contributed by atoms with Crippen molar-refractivity contribution in [3.63, 3.8) is 0 Å². The number of carbonyl (C=O) groups excluding carboxylic acids is 2. The second-order valence-electron chi connectivity index (χ2n) is 6.35. The van der Waals surface area contributed by atoms with Gasteiger partial charge in [0.25, 0.3) is 11.8 Å². The third-order valence-corrected chi connectivity index (χ3v) is 5.48. The Bertz CT molecular complexity index is 994. The van der Waals surface area contributed by atoms with Gasteiger partial charge in [-0.15, -0.1) is 11.3 Å². The molecule has 1 N–H and O–H groups in total. The van der Waals surface area contributed by atoms with Crippen LogP contribution in [-0.2, 0) is 0 Å². The van der Waals surface area contributed by atoms with Crippen molar-refractivity contribution in [2.75, 3.05) is 19.4 Å². The van der Waals surface area contributed by atoms with E-state index in [0.717, 1.165) is 16.0 Å². The molecule has 3 rings (SSSR count). The number of rotatable bonds is 4. The summed E-state index contributed by atoms with van der Waals surface area (Å²) in [4.78, 5) is 27.9. The number of hydrogen-bond acceptors (Lipinski definition) is 3. The second-order valence-corrected chi connectivity index (χ2v) is 7.87. The predicted molar refractivity (Wildman–Crippen MR) is 112 cm³/mol. The number of thiophene rings is 1. The number of aryl methyl sites for hydroxylation is 1. The Labute approximate surface area is 167 Å². The summed E-state index contributed by atoms with van der Waals surface area (Å²) < 4.78 is 0. The van der Waals surface area contributed by atoms with Gasteiger partial charge in [-0.1, -0.05) is 29.8 Å². The maximum Gasteiger partial charge on any atom is 0.265 e. The number of nitrogens with one attached hydrogen (secondary N) is 1. The number of amides is 2. The van der Waals surface area contributed by atoms with Crippen molar-refractivity contribution in [2.45, 2.75) is 6.92 Å². The van der Waals surface area contributed by atoms with E-state index in [1.165, 1.54) is 16.2 Å². The maximum atomic E-state index is 12.7. The molecule has 0 atom stereocenters. The van der Waals surface area contributed by atoms with Crippen LogP contribution in [0.4, 0.5) is 5.69 Å². The normalized spacial score (nSPS) is 10.5. The molecular formula is C21H19ClN2O2S. The molecule has 1 heterocycles. The third kappa shape index (κ3) is 4.38. The number of halogens is 1. The van der Waals surface area contributed by atoms with Crippen molar-refractivity contribution in [1.29, 1.82) is 0 Å². The van der Waals surface area contributed by atoms with Gasteiger partial charge in [-0.2, -0.15) is 0 Å². The van der Waals surface area contributed by atoms with E-state index in [2.05, 4.69) is 5.32 Å². The highest BCUT2D eigenvalue weighted by molar-refractivity contribution is 7.17. The quantitative estimate of drug-likeness (QED) is 0.645. The number of anilines is 1. The summed E-state index contributed by atoms with van der Waals surface area (Å²) in [6.07, 6.45) is 0. The van der Waals surface area contributed by atoms with Crippen molar-refractivity contribution in [2.24, 2.45) is 0 Å². The molecule has 0 unspecified atom stereocenters. The highest BCUT2D eigenvalue weighted by atomic mass is 35.5. The molecule has 0 spiro atoms. The molecule has 6 heteroatoms. The molecule has 0 aliphatic carbocycles. The topological polar surface area (TPSA) is 49.4 Å². The van der Waals surface area contributed by atoms with Gasteiger partial charge in [0.2, 0.25) is 0 Å². The summed E-state index contributed by atoms with van der Waals surface area (Å²) in [5.74, 6) is -0.301. The van der Waals surface area contributed by atoms with Crippen molar-refractivity contribution in [3.05, 3.63) is 75.6 Å². The Balaban J connectivity index is 1.81. The Morgan fingerprint density at radius 1 is 1.00 bits per heavy atom. The molecule has 0 radical (unpaired) electrons. The van der Waals surface area contributed by atoms with E-state index < -0.39 is 0 Å². The van der Waals surface area contributed by atoms with Crippen LogP contribution < -0.4 is 5.32 Å². The molecule has 1 aromatic heterocycles. The van der Waals surface area contributed by atoms with Gasteiger partial charge >= 0.3 is 0 Å². The van der Waals surface area contributed by atoms with Crippen molar-refractivity contribution < 1.29 is 9.59 Å². The first-order valence-electron chi connectivity index (χ1n) is 8.34. The largest absolute Gasteiger partial charge is 0.345 e. The van der Waals surface area contributed by atoms with Gasteiger partial charge in [-0.25, -0.2) is 0 Å². The number of carbonyl (C=O) groups is 2. The Kier molecular flexibility index (Phi) is 5.63. The standard InChI is InChI=1S/C21H19ClN2O2S/c1-13-4-5-15(21(26)24(2)3)12-17(13)23-20(25)19-11-10-18(27-19)14-6-8-16(22)9-7-14/h4-12H,1-3H3,(H,23,25). The van der Waals surface area contributed by atoms with Gasteiger partial charge in [-0.05, 0) is 54.4 Å². The number of nitrogens with zero attached hydrogens (tertiary/aromatic N) is 1. The van der Waals surface area contributed by atoms with E-state index in [1.807, 2.05) is 43.3 Å². The first kappa shape index (κ1) is 19.1. The molecule has 138 valence electrons. The van der Waals surface area contributed by atoms with E-state index in [1.54, 1.807) is 32.3 Å². The van der Waals surface area contributed by atoms with Gasteiger partial charge < -0.3 is 10.2 Å². The van der Waals surface area contributed by atoms with E-state index in [-0.39, 0.29) is 11.8 Å². The Morgan fingerprint density at radius 2 is 1.70 bits per heavy atom. The van der Waals surface area contributed by atoms with Gasteiger partial charge in [0, 0.05) is 35.2 Å². The molecule has 0 aliphatic heterocycles. The molecule has 27 heavy (non-hydrogen) atoms. The van der Waals surface area contributed by atoms with Gasteiger partial charge in [0.05, 0.1) is 4.88 Å². The van der Waals surface area contributed by atoms with Crippen LogP contribution in [0.5, 0.6) is 0 Å². The summed E-state index contributed by atoms with van der Waals surface area (Å²) in [6, 6.07) is 16.5. The monoisotopic (exact) mass is 398 g/mol. The maximum absolute atomic E-state index is 12.7. The lowest BCUT2D eigenvalue weighted by Crippen LogP contribution is -2.22.